The van der Waals surface area contributed by atoms with E-state index in [9.17, 15) is 23.1 Å². The monoisotopic (exact) mass is 621 g/mol. The van der Waals surface area contributed by atoms with E-state index in [0.29, 0.717) is 42.5 Å². The molecular weight excluding hydrogens is 582 g/mol. The Morgan fingerprint density at radius 1 is 1.14 bits per heavy atom. The lowest BCUT2D eigenvalue weighted by Crippen LogP contribution is -2.47. The summed E-state index contributed by atoms with van der Waals surface area (Å²) >= 11 is 6.26. The third kappa shape index (κ3) is 7.75. The first-order valence-corrected chi connectivity index (χ1v) is 16.1. The van der Waals surface area contributed by atoms with Crippen molar-refractivity contribution in [2.45, 2.75) is 63.1 Å². The fourth-order valence-corrected chi connectivity index (χ4v) is 6.58. The maximum absolute atomic E-state index is 13.4. The van der Waals surface area contributed by atoms with Crippen LogP contribution in [-0.2, 0) is 37.4 Å². The quantitative estimate of drug-likeness (QED) is 0.337. The Morgan fingerprint density at radius 3 is 2.62 bits per heavy atom. The Balaban J connectivity index is 1.66. The Kier molecular flexibility index (Phi) is 10.4. The number of carboxylic acids is 1. The summed E-state index contributed by atoms with van der Waals surface area (Å²) in [5.74, 6) is -1.61. The molecular formula is C30H40ClN3O7S. The van der Waals surface area contributed by atoms with Crippen molar-refractivity contribution in [2.24, 2.45) is 11.8 Å². The number of rotatable bonds is 10. The van der Waals surface area contributed by atoms with E-state index in [1.165, 1.54) is 26.0 Å². The number of anilines is 1. The summed E-state index contributed by atoms with van der Waals surface area (Å²) in [6.45, 7) is 5.06. The number of aryl methyl sites for hydroxylation is 1. The minimum Gasteiger partial charge on any atom is -0.487 e. The number of nitrogens with zero attached hydrogens (tertiary/aromatic N) is 1. The molecule has 0 radical (unpaired) electrons. The normalized spacial score (nSPS) is 19.4. The number of likely N-dealkylation sites (N-methyl/N-ethyl adjacent to an activating group) is 1. The number of carbonyl (C=O) groups is 2. The number of nitrogens with one attached hydrogen (secondary N) is 2. The molecule has 0 unspecified atom stereocenters. The number of aliphatic carboxylic acids is 1. The number of halogens is 1. The second-order valence-corrected chi connectivity index (χ2v) is 13.5. The van der Waals surface area contributed by atoms with E-state index in [2.05, 4.69) is 10.0 Å². The second kappa shape index (κ2) is 13.6. The first-order chi connectivity index (χ1) is 19.9. The summed E-state index contributed by atoms with van der Waals surface area (Å²) < 4.78 is 40.9. The standard InChI is InChI=1S/C30H40ClN3O7S/c1-30(2,41-15-13-32-3)29(37)33-42(38,39)24-10-12-27-26(17-24)34(18-21-8-11-25(21)28(35)36)14-5-4-6-20-16-23(31)9-7-22(20)19-40-27/h7,9-10,12,16-17,21,25,32H,4-6,8,11,13-15,18-19H2,1-3H3,(H,33,37)(H,35,36)/t21-,25+/m0/s1. The maximum Gasteiger partial charge on any atom is 0.306 e. The van der Waals surface area contributed by atoms with E-state index in [0.717, 1.165) is 36.8 Å². The number of amides is 1. The van der Waals surface area contributed by atoms with E-state index in [-0.39, 0.29) is 24.0 Å². The first-order valence-electron chi connectivity index (χ1n) is 14.3. The van der Waals surface area contributed by atoms with Crippen LogP contribution < -0.4 is 19.7 Å². The lowest BCUT2D eigenvalue weighted by Gasteiger charge is -2.39. The summed E-state index contributed by atoms with van der Waals surface area (Å²) in [6, 6.07) is 10.2. The molecule has 2 aromatic rings. The van der Waals surface area contributed by atoms with Gasteiger partial charge in [-0.1, -0.05) is 17.7 Å². The van der Waals surface area contributed by atoms with E-state index in [1.807, 2.05) is 23.1 Å². The van der Waals surface area contributed by atoms with Crippen molar-refractivity contribution in [1.29, 1.82) is 0 Å². The van der Waals surface area contributed by atoms with Gasteiger partial charge in [-0.05, 0) is 100 Å². The molecule has 4 rings (SSSR count). The van der Waals surface area contributed by atoms with Crippen LogP contribution in [0.3, 0.4) is 0 Å². The van der Waals surface area contributed by atoms with E-state index in [4.69, 9.17) is 21.1 Å². The predicted octanol–water partition coefficient (Wildman–Crippen LogP) is 3.99. The van der Waals surface area contributed by atoms with Gasteiger partial charge in [0.05, 0.1) is 23.1 Å². The molecule has 1 amide bonds. The fourth-order valence-electron chi connectivity index (χ4n) is 5.26. The van der Waals surface area contributed by atoms with E-state index < -0.39 is 33.4 Å². The van der Waals surface area contributed by atoms with Crippen molar-refractivity contribution in [3.63, 3.8) is 0 Å². The lowest BCUT2D eigenvalue weighted by atomic mass is 9.73. The average Bonchev–Trinajstić information content (AvgIpc) is 2.93. The number of benzene rings is 2. The Labute approximate surface area is 252 Å². The molecule has 1 aliphatic carbocycles. The van der Waals surface area contributed by atoms with Crippen molar-refractivity contribution in [3.05, 3.63) is 52.5 Å². The molecule has 12 heteroatoms. The van der Waals surface area contributed by atoms with Crippen LogP contribution in [-0.4, -0.2) is 64.3 Å². The van der Waals surface area contributed by atoms with Gasteiger partial charge in [-0.2, -0.15) is 0 Å². The van der Waals surface area contributed by atoms with Crippen LogP contribution in [0.25, 0.3) is 0 Å². The van der Waals surface area contributed by atoms with Crippen LogP contribution in [0.15, 0.2) is 41.3 Å². The van der Waals surface area contributed by atoms with Gasteiger partial charge in [0, 0.05) is 24.7 Å². The van der Waals surface area contributed by atoms with Gasteiger partial charge in [-0.25, -0.2) is 13.1 Å². The van der Waals surface area contributed by atoms with E-state index in [1.54, 1.807) is 13.1 Å². The molecule has 1 saturated carbocycles. The van der Waals surface area contributed by atoms with Gasteiger partial charge in [0.1, 0.15) is 18.0 Å². The van der Waals surface area contributed by atoms with Crippen molar-refractivity contribution in [1.82, 2.24) is 10.0 Å². The minimum absolute atomic E-state index is 0.0630. The molecule has 0 saturated heterocycles. The zero-order valence-corrected chi connectivity index (χ0v) is 25.9. The average molecular weight is 622 g/mol. The third-order valence-corrected chi connectivity index (χ3v) is 9.60. The summed E-state index contributed by atoms with van der Waals surface area (Å²) in [4.78, 5) is 26.6. The Bertz CT molecular complexity index is 1400. The predicted molar refractivity (Wildman–Crippen MR) is 161 cm³/mol. The zero-order chi connectivity index (χ0) is 30.5. The van der Waals surface area contributed by atoms with Crippen LogP contribution >= 0.6 is 11.6 Å². The summed E-state index contributed by atoms with van der Waals surface area (Å²) in [5, 5.41) is 13.2. The van der Waals surface area contributed by atoms with E-state index >= 15 is 0 Å². The summed E-state index contributed by atoms with van der Waals surface area (Å²) in [6.07, 6.45) is 3.87. The molecule has 1 heterocycles. The van der Waals surface area contributed by atoms with Gasteiger partial charge in [0.25, 0.3) is 15.9 Å². The van der Waals surface area contributed by atoms with Crippen molar-refractivity contribution in [3.8, 4) is 5.75 Å². The molecule has 2 atom stereocenters. The smallest absolute Gasteiger partial charge is 0.306 e. The number of hydrogen-bond donors (Lipinski definition) is 3. The van der Waals surface area contributed by atoms with Crippen molar-refractivity contribution < 1.29 is 32.6 Å². The highest BCUT2D eigenvalue weighted by molar-refractivity contribution is 7.90. The molecule has 10 nitrogen and oxygen atoms in total. The van der Waals surface area contributed by atoms with Crippen molar-refractivity contribution in [2.75, 3.05) is 38.2 Å². The molecule has 1 fully saturated rings. The number of carbonyl (C=O) groups excluding carboxylic acids is 1. The molecule has 1 aliphatic heterocycles. The van der Waals surface area contributed by atoms with Crippen LogP contribution in [0.5, 0.6) is 5.75 Å². The zero-order valence-electron chi connectivity index (χ0n) is 24.3. The highest BCUT2D eigenvalue weighted by atomic mass is 35.5. The first kappa shape index (κ1) is 32.1. The molecule has 0 aromatic heterocycles. The molecule has 2 aromatic carbocycles. The largest absolute Gasteiger partial charge is 0.487 e. The van der Waals surface area contributed by atoms with Gasteiger partial charge in [-0.3, -0.25) is 9.59 Å². The summed E-state index contributed by atoms with van der Waals surface area (Å²) in [7, 11) is -2.51. The number of ether oxygens (including phenoxy) is 2. The highest BCUT2D eigenvalue weighted by Gasteiger charge is 2.38. The molecule has 230 valence electrons. The number of hydrogen-bond acceptors (Lipinski definition) is 8. The Hall–Kier alpha value is -2.86. The van der Waals surface area contributed by atoms with Crippen LogP contribution in [0.1, 0.15) is 50.7 Å². The van der Waals surface area contributed by atoms with Gasteiger partial charge >= 0.3 is 5.97 Å². The maximum atomic E-state index is 13.4. The SMILES string of the molecule is CNCCOC(C)(C)C(=O)NS(=O)(=O)c1ccc2c(c1)N(C[C@@H]1CC[C@H]1C(=O)O)CCCCc1cc(Cl)ccc1CO2. The third-order valence-electron chi connectivity index (χ3n) is 8.04. The van der Waals surface area contributed by atoms with Crippen LogP contribution in [0, 0.1) is 11.8 Å². The summed E-state index contributed by atoms with van der Waals surface area (Å²) in [5.41, 5.74) is 1.27. The van der Waals surface area contributed by atoms with Crippen LogP contribution in [0.2, 0.25) is 5.02 Å². The lowest BCUT2D eigenvalue weighted by molar-refractivity contribution is -0.147. The number of sulfonamides is 1. The highest BCUT2D eigenvalue weighted by Crippen LogP contribution is 2.39. The van der Waals surface area contributed by atoms with Crippen molar-refractivity contribution >= 4 is 39.2 Å². The molecule has 2 aliphatic rings. The molecule has 0 bridgehead atoms. The molecule has 3 N–H and O–H groups in total. The van der Waals surface area contributed by atoms with Gasteiger partial charge in [0.2, 0.25) is 0 Å². The topological polar surface area (TPSA) is 134 Å². The van der Waals surface area contributed by atoms with Gasteiger partial charge < -0.3 is 24.8 Å². The fraction of sp³-hybridized carbons (Fsp3) is 0.533. The second-order valence-electron chi connectivity index (χ2n) is 11.4. The Morgan fingerprint density at radius 2 is 1.93 bits per heavy atom. The molecule has 0 spiro atoms. The molecule has 42 heavy (non-hydrogen) atoms. The van der Waals surface area contributed by atoms with Gasteiger partial charge in [-0.15, -0.1) is 0 Å². The van der Waals surface area contributed by atoms with Crippen LogP contribution in [0.4, 0.5) is 5.69 Å². The van der Waals surface area contributed by atoms with Gasteiger partial charge in [0.15, 0.2) is 0 Å². The number of fused-ring (bicyclic) bond motifs is 2. The number of carboxylic acid groups (broad SMARTS) is 1. The minimum atomic E-state index is -4.26.